The average Bonchev–Trinajstić information content (AvgIpc) is 2.86. The van der Waals surface area contributed by atoms with Crippen molar-refractivity contribution in [2.45, 2.75) is 6.92 Å². The number of hydrogen-bond acceptors (Lipinski definition) is 3. The van der Waals surface area contributed by atoms with Gasteiger partial charge in [-0.25, -0.2) is 4.98 Å². The van der Waals surface area contributed by atoms with Gasteiger partial charge in [0.15, 0.2) is 11.4 Å². The number of imidazole rings is 1. The number of nitrogens with zero attached hydrogens (tertiary/aromatic N) is 2. The Morgan fingerprint density at radius 3 is 2.83 bits per heavy atom. The molecule has 0 radical (unpaired) electrons. The summed E-state index contributed by atoms with van der Waals surface area (Å²) in [5.41, 5.74) is 2.02. The summed E-state index contributed by atoms with van der Waals surface area (Å²) in [6.45, 7) is 1.76. The van der Waals surface area contributed by atoms with Crippen molar-refractivity contribution in [3.63, 3.8) is 0 Å². The Kier molecular flexibility index (Phi) is 4.15. The molecule has 0 fully saturated rings. The fourth-order valence-corrected chi connectivity index (χ4v) is 2.70. The van der Waals surface area contributed by atoms with Crippen LogP contribution in [0, 0.1) is 6.92 Å². The largest absolute Gasteiger partial charge is 0.493 e. The Balaban J connectivity index is 2.04. The van der Waals surface area contributed by atoms with Crippen molar-refractivity contribution in [2.75, 3.05) is 12.4 Å². The molecule has 0 aliphatic heterocycles. The highest BCUT2D eigenvalue weighted by atomic mass is 35.5. The fourth-order valence-electron chi connectivity index (χ4n) is 2.36. The molecule has 2 aromatic heterocycles. The van der Waals surface area contributed by atoms with Gasteiger partial charge >= 0.3 is 0 Å². The molecule has 0 aliphatic carbocycles. The molecule has 23 heavy (non-hydrogen) atoms. The number of hydrogen-bond donors (Lipinski definition) is 1. The van der Waals surface area contributed by atoms with Crippen LogP contribution in [-0.4, -0.2) is 22.4 Å². The number of ether oxygens (including phenoxy) is 1. The molecule has 3 aromatic rings. The minimum absolute atomic E-state index is 0.326. The number of benzene rings is 1. The number of amides is 1. The van der Waals surface area contributed by atoms with Crippen LogP contribution in [0.1, 0.15) is 16.2 Å². The van der Waals surface area contributed by atoms with Crippen molar-refractivity contribution in [1.82, 2.24) is 9.38 Å². The van der Waals surface area contributed by atoms with Gasteiger partial charge in [0.2, 0.25) is 0 Å². The molecule has 118 valence electrons. The summed E-state index contributed by atoms with van der Waals surface area (Å²) in [4.78, 5) is 17.1. The van der Waals surface area contributed by atoms with E-state index in [4.69, 9.17) is 27.9 Å². The van der Waals surface area contributed by atoms with Crippen molar-refractivity contribution >= 4 is 40.4 Å². The van der Waals surface area contributed by atoms with Gasteiger partial charge in [0, 0.05) is 11.2 Å². The molecule has 3 rings (SSSR count). The highest BCUT2D eigenvalue weighted by Crippen LogP contribution is 2.27. The van der Waals surface area contributed by atoms with Gasteiger partial charge in [-0.3, -0.25) is 9.20 Å². The maximum absolute atomic E-state index is 12.7. The van der Waals surface area contributed by atoms with Crippen molar-refractivity contribution in [2.24, 2.45) is 0 Å². The predicted octanol–water partition coefficient (Wildman–Crippen LogP) is 4.21. The van der Waals surface area contributed by atoms with E-state index in [2.05, 4.69) is 10.3 Å². The van der Waals surface area contributed by atoms with Gasteiger partial charge in [-0.15, -0.1) is 0 Å². The topological polar surface area (TPSA) is 55.6 Å². The number of fused-ring (bicyclic) bond motifs is 1. The number of aryl methyl sites for hydroxylation is 1. The molecule has 1 N–H and O–H groups in total. The van der Waals surface area contributed by atoms with E-state index in [9.17, 15) is 4.79 Å². The van der Waals surface area contributed by atoms with Crippen molar-refractivity contribution in [3.8, 4) is 5.75 Å². The Hall–Kier alpha value is -2.24. The predicted molar refractivity (Wildman–Crippen MR) is 90.9 cm³/mol. The maximum Gasteiger partial charge on any atom is 0.274 e. The Morgan fingerprint density at radius 1 is 1.30 bits per heavy atom. The zero-order valence-corrected chi connectivity index (χ0v) is 13.9. The quantitative estimate of drug-likeness (QED) is 0.770. The van der Waals surface area contributed by atoms with Crippen LogP contribution >= 0.6 is 23.2 Å². The van der Waals surface area contributed by atoms with Crippen LogP contribution in [0.3, 0.4) is 0 Å². The lowest BCUT2D eigenvalue weighted by Crippen LogP contribution is -2.16. The van der Waals surface area contributed by atoms with E-state index in [1.165, 1.54) is 0 Å². The summed E-state index contributed by atoms with van der Waals surface area (Å²) in [6, 6.07) is 8.46. The number of halogens is 2. The van der Waals surface area contributed by atoms with Gasteiger partial charge in [0.05, 0.1) is 23.5 Å². The van der Waals surface area contributed by atoms with Crippen molar-refractivity contribution < 1.29 is 9.53 Å². The first-order valence-corrected chi connectivity index (χ1v) is 7.55. The number of anilines is 1. The van der Waals surface area contributed by atoms with Crippen molar-refractivity contribution in [1.29, 1.82) is 0 Å². The number of rotatable bonds is 3. The molecule has 0 atom stereocenters. The highest BCUT2D eigenvalue weighted by molar-refractivity contribution is 6.35. The third-order valence-corrected chi connectivity index (χ3v) is 3.96. The van der Waals surface area contributed by atoms with E-state index in [0.29, 0.717) is 38.5 Å². The second-order valence-corrected chi connectivity index (χ2v) is 5.74. The van der Waals surface area contributed by atoms with E-state index in [-0.39, 0.29) is 5.91 Å². The Labute approximate surface area is 142 Å². The summed E-state index contributed by atoms with van der Waals surface area (Å²) < 4.78 is 6.96. The lowest BCUT2D eigenvalue weighted by molar-refractivity contribution is 0.102. The molecular weight excluding hydrogens is 337 g/mol. The second-order valence-electron chi connectivity index (χ2n) is 4.89. The van der Waals surface area contributed by atoms with E-state index in [0.717, 1.165) is 0 Å². The van der Waals surface area contributed by atoms with Gasteiger partial charge in [0.1, 0.15) is 5.69 Å². The molecule has 7 heteroatoms. The summed E-state index contributed by atoms with van der Waals surface area (Å²) in [5.74, 6) is 0.267. The lowest BCUT2D eigenvalue weighted by atomic mass is 10.2. The van der Waals surface area contributed by atoms with Crippen LogP contribution in [-0.2, 0) is 0 Å². The first-order chi connectivity index (χ1) is 11.0. The molecule has 0 saturated carbocycles. The first kappa shape index (κ1) is 15.6. The zero-order chi connectivity index (χ0) is 16.6. The normalized spacial score (nSPS) is 10.8. The summed E-state index contributed by atoms with van der Waals surface area (Å²) in [5, 5.41) is 3.66. The first-order valence-electron chi connectivity index (χ1n) is 6.79. The number of methoxy groups -OCH3 is 1. The van der Waals surface area contributed by atoms with Gasteiger partial charge in [-0.2, -0.15) is 0 Å². The molecule has 0 saturated heterocycles. The number of nitrogens with one attached hydrogen (secondary N) is 1. The van der Waals surface area contributed by atoms with Crippen LogP contribution < -0.4 is 10.1 Å². The van der Waals surface area contributed by atoms with E-state index in [1.54, 1.807) is 55.0 Å². The Bertz CT molecular complexity index is 906. The third kappa shape index (κ3) is 2.85. The number of aromatic nitrogens is 2. The van der Waals surface area contributed by atoms with E-state index in [1.807, 2.05) is 0 Å². The zero-order valence-electron chi connectivity index (χ0n) is 12.4. The third-order valence-electron chi connectivity index (χ3n) is 3.40. The summed E-state index contributed by atoms with van der Waals surface area (Å²) in [6.07, 6.45) is 1.76. The maximum atomic E-state index is 12.7. The van der Waals surface area contributed by atoms with Gasteiger partial charge in [-0.05, 0) is 37.3 Å². The fraction of sp³-hybridized carbons (Fsp3) is 0.125. The van der Waals surface area contributed by atoms with E-state index < -0.39 is 0 Å². The lowest BCUT2D eigenvalue weighted by Gasteiger charge is -2.08. The Morgan fingerprint density at radius 2 is 2.09 bits per heavy atom. The molecule has 1 amide bonds. The van der Waals surface area contributed by atoms with Crippen LogP contribution in [0.25, 0.3) is 5.65 Å². The minimum Gasteiger partial charge on any atom is -0.493 e. The number of pyridine rings is 1. The second kappa shape index (κ2) is 6.10. The van der Waals surface area contributed by atoms with Gasteiger partial charge in [0.25, 0.3) is 5.91 Å². The molecule has 1 aromatic carbocycles. The smallest absolute Gasteiger partial charge is 0.274 e. The monoisotopic (exact) mass is 349 g/mol. The van der Waals surface area contributed by atoms with Crippen LogP contribution in [0.2, 0.25) is 10.0 Å². The molecule has 0 spiro atoms. The number of carbonyl (C=O) groups excluding carboxylic acids is 1. The molecule has 0 bridgehead atoms. The SMILES string of the molecule is COc1cccn2c(C(=O)Nc3cc(Cl)ccc3Cl)c(C)nc12. The summed E-state index contributed by atoms with van der Waals surface area (Å²) in [7, 11) is 1.56. The van der Waals surface area contributed by atoms with Gasteiger partial charge in [-0.1, -0.05) is 23.2 Å². The molecule has 2 heterocycles. The average molecular weight is 350 g/mol. The van der Waals surface area contributed by atoms with E-state index >= 15 is 0 Å². The number of carbonyl (C=O) groups is 1. The molecule has 0 aliphatic rings. The molecular formula is C16H13Cl2N3O2. The molecule has 5 nitrogen and oxygen atoms in total. The van der Waals surface area contributed by atoms with Crippen LogP contribution in [0.5, 0.6) is 5.75 Å². The molecule has 0 unspecified atom stereocenters. The van der Waals surface area contributed by atoms with Crippen LogP contribution in [0.4, 0.5) is 5.69 Å². The standard InChI is InChI=1S/C16H13Cl2N3O2/c1-9-14(21-7-3-4-13(23-2)15(21)19-9)16(22)20-12-8-10(17)5-6-11(12)18/h3-8H,1-2H3,(H,20,22). The summed E-state index contributed by atoms with van der Waals surface area (Å²) >= 11 is 12.0. The minimum atomic E-state index is -0.326. The van der Waals surface area contributed by atoms with Crippen LogP contribution in [0.15, 0.2) is 36.5 Å². The van der Waals surface area contributed by atoms with Crippen molar-refractivity contribution in [3.05, 3.63) is 58.0 Å². The highest BCUT2D eigenvalue weighted by Gasteiger charge is 2.19. The van der Waals surface area contributed by atoms with Gasteiger partial charge < -0.3 is 10.1 Å².